The van der Waals surface area contributed by atoms with Gasteiger partial charge in [0.25, 0.3) is 0 Å². The Morgan fingerprint density at radius 2 is 2.31 bits per heavy atom. The number of aromatic nitrogens is 2. The Hall–Kier alpha value is -1.09. The summed E-state index contributed by atoms with van der Waals surface area (Å²) in [5.41, 5.74) is 0.604. The average Bonchev–Trinajstić information content (AvgIpc) is 2.42. The van der Waals surface area contributed by atoms with Gasteiger partial charge in [0.1, 0.15) is 16.6 Å². The molecule has 0 spiro atoms. The SMILES string of the molecule is CCn1cc(F)c2ccc(Cl)nc21. The minimum Gasteiger partial charge on any atom is -0.330 e. The number of hydrogen-bond acceptors (Lipinski definition) is 1. The van der Waals surface area contributed by atoms with E-state index in [9.17, 15) is 4.39 Å². The smallest absolute Gasteiger partial charge is 0.150 e. The van der Waals surface area contributed by atoms with Crippen LogP contribution in [0, 0.1) is 5.82 Å². The van der Waals surface area contributed by atoms with Gasteiger partial charge in [-0.1, -0.05) is 11.6 Å². The second-order valence-electron chi connectivity index (χ2n) is 2.77. The van der Waals surface area contributed by atoms with Gasteiger partial charge >= 0.3 is 0 Å². The van der Waals surface area contributed by atoms with Crippen LogP contribution in [0.15, 0.2) is 18.3 Å². The van der Waals surface area contributed by atoms with E-state index in [-0.39, 0.29) is 5.82 Å². The molecule has 4 heteroatoms. The highest BCUT2D eigenvalue weighted by atomic mass is 35.5. The van der Waals surface area contributed by atoms with Crippen LogP contribution in [-0.2, 0) is 6.54 Å². The van der Waals surface area contributed by atoms with E-state index < -0.39 is 0 Å². The standard InChI is InChI=1S/C9H8ClFN2/c1-2-13-5-7(11)6-3-4-8(10)12-9(6)13/h3-5H,2H2,1H3. The zero-order chi connectivity index (χ0) is 9.42. The molecule has 0 saturated carbocycles. The third-order valence-corrected chi connectivity index (χ3v) is 2.19. The molecule has 2 rings (SSSR count). The fraction of sp³-hybridized carbons (Fsp3) is 0.222. The number of hydrogen-bond donors (Lipinski definition) is 0. The number of fused-ring (bicyclic) bond motifs is 1. The average molecular weight is 199 g/mol. The van der Waals surface area contributed by atoms with E-state index in [0.29, 0.717) is 22.7 Å². The molecule has 13 heavy (non-hydrogen) atoms. The molecule has 0 saturated heterocycles. The maximum atomic E-state index is 13.2. The molecule has 68 valence electrons. The van der Waals surface area contributed by atoms with Crippen molar-refractivity contribution in [2.75, 3.05) is 0 Å². The Kier molecular flexibility index (Phi) is 1.96. The molecule has 0 fully saturated rings. The lowest BCUT2D eigenvalue weighted by molar-refractivity contribution is 0.627. The number of aryl methyl sites for hydroxylation is 1. The first-order chi connectivity index (χ1) is 6.22. The second kappa shape index (κ2) is 3.00. The van der Waals surface area contributed by atoms with Gasteiger partial charge in [0.2, 0.25) is 0 Å². The van der Waals surface area contributed by atoms with Crippen LogP contribution in [0.5, 0.6) is 0 Å². The fourth-order valence-electron chi connectivity index (χ4n) is 1.34. The minimum absolute atomic E-state index is 0.249. The van der Waals surface area contributed by atoms with Gasteiger partial charge in [-0.15, -0.1) is 0 Å². The highest BCUT2D eigenvalue weighted by molar-refractivity contribution is 6.29. The summed E-state index contributed by atoms with van der Waals surface area (Å²) in [5.74, 6) is -0.249. The van der Waals surface area contributed by atoms with Crippen LogP contribution in [0.4, 0.5) is 4.39 Å². The monoisotopic (exact) mass is 198 g/mol. The van der Waals surface area contributed by atoms with Gasteiger partial charge in [0.05, 0.1) is 5.39 Å². The van der Waals surface area contributed by atoms with Gasteiger partial charge in [-0.3, -0.25) is 0 Å². The molecule has 0 aliphatic rings. The lowest BCUT2D eigenvalue weighted by Crippen LogP contribution is -1.92. The molecule has 0 bridgehead atoms. The third-order valence-electron chi connectivity index (χ3n) is 1.98. The van der Waals surface area contributed by atoms with Gasteiger partial charge in [-0.2, -0.15) is 0 Å². The van der Waals surface area contributed by atoms with Crippen LogP contribution in [0.2, 0.25) is 5.15 Å². The normalized spacial score (nSPS) is 11.0. The van der Waals surface area contributed by atoms with E-state index in [0.717, 1.165) is 0 Å². The molecule has 0 atom stereocenters. The van der Waals surface area contributed by atoms with Crippen molar-refractivity contribution in [3.8, 4) is 0 Å². The van der Waals surface area contributed by atoms with Crippen molar-refractivity contribution in [1.29, 1.82) is 0 Å². The first-order valence-electron chi connectivity index (χ1n) is 4.03. The van der Waals surface area contributed by atoms with Gasteiger partial charge in [0.15, 0.2) is 0 Å². The van der Waals surface area contributed by atoms with Crippen molar-refractivity contribution in [3.05, 3.63) is 29.3 Å². The summed E-state index contributed by atoms with van der Waals surface area (Å²) in [6, 6.07) is 3.24. The number of nitrogens with zero attached hydrogens (tertiary/aromatic N) is 2. The van der Waals surface area contributed by atoms with Crippen LogP contribution in [0.3, 0.4) is 0 Å². The van der Waals surface area contributed by atoms with Crippen LogP contribution in [-0.4, -0.2) is 9.55 Å². The Morgan fingerprint density at radius 3 is 3.00 bits per heavy atom. The van der Waals surface area contributed by atoms with E-state index >= 15 is 0 Å². The van der Waals surface area contributed by atoms with Crippen molar-refractivity contribution >= 4 is 22.6 Å². The van der Waals surface area contributed by atoms with Gasteiger partial charge in [-0.05, 0) is 19.1 Å². The molecule has 2 heterocycles. The quantitative estimate of drug-likeness (QED) is 0.645. The zero-order valence-corrected chi connectivity index (χ0v) is 7.85. The van der Waals surface area contributed by atoms with Crippen molar-refractivity contribution in [3.63, 3.8) is 0 Å². The lowest BCUT2D eigenvalue weighted by atomic mass is 10.3. The highest BCUT2D eigenvalue weighted by Gasteiger charge is 2.08. The molecule has 0 amide bonds. The molecule has 2 aromatic rings. The molecule has 2 aromatic heterocycles. The Bertz CT molecular complexity index is 450. The molecule has 0 radical (unpaired) electrons. The summed E-state index contributed by atoms with van der Waals surface area (Å²) < 4.78 is 15.0. The van der Waals surface area contributed by atoms with Crippen LogP contribution in [0.1, 0.15) is 6.92 Å². The Morgan fingerprint density at radius 1 is 1.54 bits per heavy atom. The molecule has 0 unspecified atom stereocenters. The zero-order valence-electron chi connectivity index (χ0n) is 7.09. The molecule has 2 nitrogen and oxygen atoms in total. The van der Waals surface area contributed by atoms with Crippen molar-refractivity contribution in [2.45, 2.75) is 13.5 Å². The summed E-state index contributed by atoms with van der Waals surface area (Å²) in [6.45, 7) is 2.62. The summed E-state index contributed by atoms with van der Waals surface area (Å²) in [5, 5.41) is 0.909. The van der Waals surface area contributed by atoms with Gasteiger partial charge < -0.3 is 4.57 Å². The van der Waals surface area contributed by atoms with Crippen molar-refractivity contribution < 1.29 is 4.39 Å². The van der Waals surface area contributed by atoms with Crippen LogP contribution in [0.25, 0.3) is 11.0 Å². The van der Waals surface area contributed by atoms with E-state index in [4.69, 9.17) is 11.6 Å². The first kappa shape index (κ1) is 8.51. The highest BCUT2D eigenvalue weighted by Crippen LogP contribution is 2.20. The first-order valence-corrected chi connectivity index (χ1v) is 4.41. The predicted octanol–water partition coefficient (Wildman–Crippen LogP) is 2.85. The number of pyridine rings is 1. The number of rotatable bonds is 1. The molecule has 0 aliphatic heterocycles. The molecule has 0 N–H and O–H groups in total. The summed E-state index contributed by atoms with van der Waals surface area (Å²) in [7, 11) is 0. The van der Waals surface area contributed by atoms with Gasteiger partial charge in [-0.25, -0.2) is 9.37 Å². The van der Waals surface area contributed by atoms with Crippen LogP contribution >= 0.6 is 11.6 Å². The van der Waals surface area contributed by atoms with E-state index in [2.05, 4.69) is 4.98 Å². The second-order valence-corrected chi connectivity index (χ2v) is 3.16. The molecular weight excluding hydrogens is 191 g/mol. The molecule has 0 aliphatic carbocycles. The topological polar surface area (TPSA) is 17.8 Å². The maximum Gasteiger partial charge on any atom is 0.150 e. The Labute approximate surface area is 80.0 Å². The molecule has 0 aromatic carbocycles. The van der Waals surface area contributed by atoms with E-state index in [1.165, 1.54) is 6.20 Å². The largest absolute Gasteiger partial charge is 0.330 e. The Balaban J connectivity index is 2.81. The predicted molar refractivity (Wildman–Crippen MR) is 50.4 cm³/mol. The van der Waals surface area contributed by atoms with Crippen LogP contribution < -0.4 is 0 Å². The van der Waals surface area contributed by atoms with Gasteiger partial charge in [0, 0.05) is 12.7 Å². The summed E-state index contributed by atoms with van der Waals surface area (Å²) in [4.78, 5) is 4.06. The maximum absolute atomic E-state index is 13.2. The van der Waals surface area contributed by atoms with E-state index in [1.54, 1.807) is 16.7 Å². The van der Waals surface area contributed by atoms with Crippen molar-refractivity contribution in [2.24, 2.45) is 0 Å². The molecular formula is C9H8ClFN2. The third kappa shape index (κ3) is 1.29. The minimum atomic E-state index is -0.249. The summed E-state index contributed by atoms with van der Waals surface area (Å²) in [6.07, 6.45) is 1.44. The van der Waals surface area contributed by atoms with E-state index in [1.807, 2.05) is 6.92 Å². The van der Waals surface area contributed by atoms with Crippen molar-refractivity contribution in [1.82, 2.24) is 9.55 Å². The number of halogens is 2. The summed E-state index contributed by atoms with van der Waals surface area (Å²) >= 11 is 5.71. The lowest BCUT2D eigenvalue weighted by Gasteiger charge is -1.98. The fourth-order valence-corrected chi connectivity index (χ4v) is 1.48.